The van der Waals surface area contributed by atoms with Gasteiger partial charge in [-0.3, -0.25) is 9.59 Å². The summed E-state index contributed by atoms with van der Waals surface area (Å²) in [5.41, 5.74) is -0.972. The largest absolute Gasteiger partial charge is 0.462 e. The van der Waals surface area contributed by atoms with Crippen LogP contribution in [0.5, 0.6) is 0 Å². The molecule has 0 unspecified atom stereocenters. The van der Waals surface area contributed by atoms with Crippen LogP contribution in [0.4, 0.5) is 0 Å². The Morgan fingerprint density at radius 1 is 1.10 bits per heavy atom. The molecule has 1 saturated heterocycles. The lowest BCUT2D eigenvalue weighted by atomic mass is 9.75. The van der Waals surface area contributed by atoms with Crippen LogP contribution in [0, 0.1) is 5.92 Å². The number of rotatable bonds is 5. The standard InChI is InChI=1S/C15H27NO5/c1-6-12(17)20-7-8-21-13(18)11-9-14(2,3)16(19)15(4,5)10-11/h11,19H,6-10H2,1-5H3. The van der Waals surface area contributed by atoms with Crippen molar-refractivity contribution >= 4 is 11.9 Å². The van der Waals surface area contributed by atoms with E-state index in [0.29, 0.717) is 19.3 Å². The molecule has 0 aromatic rings. The van der Waals surface area contributed by atoms with Gasteiger partial charge in [0.25, 0.3) is 0 Å². The fourth-order valence-electron chi connectivity index (χ4n) is 2.95. The first-order chi connectivity index (χ1) is 9.60. The van der Waals surface area contributed by atoms with Gasteiger partial charge in [-0.1, -0.05) is 6.92 Å². The van der Waals surface area contributed by atoms with Crippen LogP contribution in [-0.2, 0) is 19.1 Å². The normalized spacial score (nSPS) is 21.8. The van der Waals surface area contributed by atoms with E-state index in [0.717, 1.165) is 0 Å². The molecule has 0 bridgehead atoms. The van der Waals surface area contributed by atoms with Gasteiger partial charge in [-0.15, -0.1) is 0 Å². The van der Waals surface area contributed by atoms with Crippen LogP contribution in [0.2, 0.25) is 0 Å². The van der Waals surface area contributed by atoms with Crippen LogP contribution < -0.4 is 0 Å². The Balaban J connectivity index is 2.49. The van der Waals surface area contributed by atoms with E-state index in [1.54, 1.807) is 6.92 Å². The average molecular weight is 301 g/mol. The molecule has 1 aliphatic heterocycles. The summed E-state index contributed by atoms with van der Waals surface area (Å²) >= 11 is 0. The highest BCUT2D eigenvalue weighted by Gasteiger charge is 2.47. The van der Waals surface area contributed by atoms with Gasteiger partial charge in [-0.2, -0.15) is 5.06 Å². The maximum absolute atomic E-state index is 12.1. The minimum absolute atomic E-state index is 0.0742. The first kappa shape index (κ1) is 17.9. The number of ether oxygens (including phenoxy) is 2. The Hall–Kier alpha value is -1.14. The van der Waals surface area contributed by atoms with E-state index < -0.39 is 11.1 Å². The molecule has 0 saturated carbocycles. The number of hydrogen-bond acceptors (Lipinski definition) is 6. The summed E-state index contributed by atoms with van der Waals surface area (Å²) in [4.78, 5) is 23.1. The monoisotopic (exact) mass is 301 g/mol. The fourth-order valence-corrected chi connectivity index (χ4v) is 2.95. The molecule has 0 amide bonds. The molecule has 1 rings (SSSR count). The SMILES string of the molecule is CCC(=O)OCCOC(=O)C1CC(C)(C)N(O)C(C)(C)C1. The highest BCUT2D eigenvalue weighted by atomic mass is 16.6. The maximum Gasteiger partial charge on any atom is 0.309 e. The van der Waals surface area contributed by atoms with Crippen molar-refractivity contribution in [1.29, 1.82) is 0 Å². The molecule has 6 heteroatoms. The first-order valence-electron chi connectivity index (χ1n) is 7.41. The molecule has 0 spiro atoms. The average Bonchev–Trinajstić information content (AvgIpc) is 2.39. The molecule has 21 heavy (non-hydrogen) atoms. The third kappa shape index (κ3) is 4.68. The van der Waals surface area contributed by atoms with Crippen LogP contribution in [0.1, 0.15) is 53.9 Å². The highest BCUT2D eigenvalue weighted by Crippen LogP contribution is 2.40. The first-order valence-corrected chi connectivity index (χ1v) is 7.41. The van der Waals surface area contributed by atoms with Crippen molar-refractivity contribution in [2.24, 2.45) is 5.92 Å². The predicted octanol–water partition coefficient (Wildman–Crippen LogP) is 2.14. The summed E-state index contributed by atoms with van der Waals surface area (Å²) in [5, 5.41) is 11.5. The summed E-state index contributed by atoms with van der Waals surface area (Å²) in [6.45, 7) is 9.47. The maximum atomic E-state index is 12.1. The lowest BCUT2D eigenvalue weighted by Gasteiger charge is -2.50. The van der Waals surface area contributed by atoms with Crippen LogP contribution in [0.25, 0.3) is 0 Å². The minimum atomic E-state index is -0.486. The van der Waals surface area contributed by atoms with E-state index in [2.05, 4.69) is 0 Å². The van der Waals surface area contributed by atoms with E-state index in [4.69, 9.17) is 9.47 Å². The van der Waals surface area contributed by atoms with Gasteiger partial charge in [0.2, 0.25) is 0 Å². The van der Waals surface area contributed by atoms with E-state index in [1.165, 1.54) is 5.06 Å². The van der Waals surface area contributed by atoms with Crippen molar-refractivity contribution in [3.05, 3.63) is 0 Å². The number of carbonyl (C=O) groups is 2. The zero-order valence-corrected chi connectivity index (χ0v) is 13.6. The molecule has 0 aromatic carbocycles. The summed E-state index contributed by atoms with van der Waals surface area (Å²) in [6, 6.07) is 0. The number of esters is 2. The van der Waals surface area contributed by atoms with Crippen molar-refractivity contribution in [2.75, 3.05) is 13.2 Å². The highest BCUT2D eigenvalue weighted by molar-refractivity contribution is 5.73. The summed E-state index contributed by atoms with van der Waals surface area (Å²) in [7, 11) is 0. The summed E-state index contributed by atoms with van der Waals surface area (Å²) in [5.74, 6) is -0.862. The number of piperidine rings is 1. The lowest BCUT2D eigenvalue weighted by molar-refractivity contribution is -0.252. The number of nitrogens with zero attached hydrogens (tertiary/aromatic N) is 1. The Kier molecular flexibility index (Phi) is 5.75. The van der Waals surface area contributed by atoms with Crippen LogP contribution in [0.3, 0.4) is 0 Å². The Bertz CT molecular complexity index is 374. The van der Waals surface area contributed by atoms with Crippen molar-refractivity contribution in [1.82, 2.24) is 5.06 Å². The topological polar surface area (TPSA) is 76.1 Å². The third-order valence-corrected chi connectivity index (χ3v) is 3.85. The molecule has 0 atom stereocenters. The van der Waals surface area contributed by atoms with Gasteiger partial charge >= 0.3 is 11.9 Å². The smallest absolute Gasteiger partial charge is 0.309 e. The van der Waals surface area contributed by atoms with E-state index in [1.807, 2.05) is 27.7 Å². The summed E-state index contributed by atoms with van der Waals surface area (Å²) < 4.78 is 10.0. The van der Waals surface area contributed by atoms with Gasteiger partial charge in [-0.05, 0) is 40.5 Å². The molecule has 1 heterocycles. The van der Waals surface area contributed by atoms with Crippen molar-refractivity contribution < 1.29 is 24.3 Å². The number of carbonyl (C=O) groups excluding carboxylic acids is 2. The summed E-state index contributed by atoms with van der Waals surface area (Å²) in [6.07, 6.45) is 1.37. The molecule has 6 nitrogen and oxygen atoms in total. The molecule has 1 fully saturated rings. The molecular weight excluding hydrogens is 274 g/mol. The molecule has 1 aliphatic rings. The zero-order chi connectivity index (χ0) is 16.3. The van der Waals surface area contributed by atoms with Gasteiger partial charge in [-0.25, -0.2) is 0 Å². The molecule has 0 aromatic heterocycles. The molecule has 1 N–H and O–H groups in total. The Morgan fingerprint density at radius 2 is 1.57 bits per heavy atom. The van der Waals surface area contributed by atoms with E-state index in [-0.39, 0.29) is 31.1 Å². The van der Waals surface area contributed by atoms with Gasteiger partial charge < -0.3 is 14.7 Å². The number of hydrogen-bond donors (Lipinski definition) is 1. The van der Waals surface area contributed by atoms with Crippen molar-refractivity contribution in [2.45, 2.75) is 65.0 Å². The number of hydroxylamine groups is 2. The molecule has 0 radical (unpaired) electrons. The molecule has 122 valence electrons. The molecule has 0 aliphatic carbocycles. The van der Waals surface area contributed by atoms with E-state index in [9.17, 15) is 14.8 Å². The van der Waals surface area contributed by atoms with Crippen molar-refractivity contribution in [3.63, 3.8) is 0 Å². The van der Waals surface area contributed by atoms with Gasteiger partial charge in [0.05, 0.1) is 5.92 Å². The molecular formula is C15H27NO5. The van der Waals surface area contributed by atoms with Gasteiger partial charge in [0.1, 0.15) is 13.2 Å². The van der Waals surface area contributed by atoms with Crippen LogP contribution >= 0.6 is 0 Å². The Morgan fingerprint density at radius 3 is 2.05 bits per heavy atom. The van der Waals surface area contributed by atoms with Crippen molar-refractivity contribution in [3.8, 4) is 0 Å². The fraction of sp³-hybridized carbons (Fsp3) is 0.867. The predicted molar refractivity (Wildman–Crippen MR) is 76.7 cm³/mol. The van der Waals surface area contributed by atoms with Crippen LogP contribution in [0.15, 0.2) is 0 Å². The quantitative estimate of drug-likeness (QED) is 0.619. The van der Waals surface area contributed by atoms with Gasteiger partial charge in [0, 0.05) is 17.5 Å². The zero-order valence-electron chi connectivity index (χ0n) is 13.6. The lowest BCUT2D eigenvalue weighted by Crippen LogP contribution is -2.60. The van der Waals surface area contributed by atoms with Crippen LogP contribution in [-0.4, -0.2) is 46.5 Å². The second kappa shape index (κ2) is 6.75. The second-order valence-corrected chi connectivity index (χ2v) is 6.78. The Labute approximate surface area is 126 Å². The third-order valence-electron chi connectivity index (χ3n) is 3.85. The van der Waals surface area contributed by atoms with Gasteiger partial charge in [0.15, 0.2) is 0 Å². The second-order valence-electron chi connectivity index (χ2n) is 6.78. The van der Waals surface area contributed by atoms with E-state index >= 15 is 0 Å². The minimum Gasteiger partial charge on any atom is -0.462 e.